The van der Waals surface area contributed by atoms with Crippen LogP contribution in [-0.4, -0.2) is 17.9 Å². The van der Waals surface area contributed by atoms with Crippen molar-refractivity contribution in [2.45, 2.75) is 39.2 Å². The molecule has 0 amide bonds. The fourth-order valence-corrected chi connectivity index (χ4v) is 3.54. The lowest BCUT2D eigenvalue weighted by Crippen LogP contribution is -2.11. The second kappa shape index (κ2) is 8.34. The highest BCUT2D eigenvalue weighted by atomic mass is 16.7. The Bertz CT molecular complexity index is 1090. The van der Waals surface area contributed by atoms with Crippen molar-refractivity contribution in [2.24, 2.45) is 0 Å². The Morgan fingerprint density at radius 2 is 1.61 bits per heavy atom. The molecule has 31 heavy (non-hydrogen) atoms. The Hall–Kier alpha value is -3.47. The third-order valence-electron chi connectivity index (χ3n) is 5.32. The van der Waals surface area contributed by atoms with Gasteiger partial charge in [-0.1, -0.05) is 57.2 Å². The van der Waals surface area contributed by atoms with E-state index in [-0.39, 0.29) is 18.6 Å². The van der Waals surface area contributed by atoms with Crippen LogP contribution in [0.1, 0.15) is 37.5 Å². The monoisotopic (exact) mass is 418 g/mol. The number of carboxylic acid groups (broad SMARTS) is 1. The van der Waals surface area contributed by atoms with Gasteiger partial charge in [0.15, 0.2) is 11.5 Å². The first-order valence-electron chi connectivity index (χ1n) is 10.3. The number of aliphatic carboxylic acids is 1. The third-order valence-corrected chi connectivity index (χ3v) is 5.32. The first kappa shape index (κ1) is 20.8. The fourth-order valence-electron chi connectivity index (χ4n) is 3.54. The van der Waals surface area contributed by atoms with Crippen LogP contribution < -0.4 is 14.2 Å². The molecule has 0 atom stereocenters. The molecule has 0 saturated carbocycles. The molecule has 1 heterocycles. The van der Waals surface area contributed by atoms with Gasteiger partial charge in [0.2, 0.25) is 6.79 Å². The molecule has 0 aliphatic carbocycles. The quantitative estimate of drug-likeness (QED) is 0.566. The summed E-state index contributed by atoms with van der Waals surface area (Å²) in [5.41, 5.74) is 4.86. The van der Waals surface area contributed by atoms with Crippen LogP contribution in [0.5, 0.6) is 17.2 Å². The van der Waals surface area contributed by atoms with Crippen LogP contribution in [0.15, 0.2) is 60.7 Å². The zero-order valence-corrected chi connectivity index (χ0v) is 18.0. The highest BCUT2D eigenvalue weighted by Gasteiger charge is 2.16. The van der Waals surface area contributed by atoms with Crippen molar-refractivity contribution in [3.05, 3.63) is 77.4 Å². The predicted octanol–water partition coefficient (Wildman–Crippen LogP) is 5.59. The molecule has 1 aliphatic rings. The van der Waals surface area contributed by atoms with E-state index in [0.29, 0.717) is 29.4 Å². The Morgan fingerprint density at radius 3 is 2.32 bits per heavy atom. The van der Waals surface area contributed by atoms with E-state index in [0.717, 1.165) is 16.7 Å². The van der Waals surface area contributed by atoms with Crippen LogP contribution in [0.4, 0.5) is 0 Å². The zero-order chi connectivity index (χ0) is 22.0. The molecule has 4 rings (SSSR count). The van der Waals surface area contributed by atoms with Crippen LogP contribution >= 0.6 is 0 Å². The van der Waals surface area contributed by atoms with Gasteiger partial charge < -0.3 is 19.3 Å². The Morgan fingerprint density at radius 1 is 0.935 bits per heavy atom. The summed E-state index contributed by atoms with van der Waals surface area (Å²) in [6.45, 7) is 7.13. The van der Waals surface area contributed by atoms with E-state index >= 15 is 0 Å². The molecule has 0 spiro atoms. The molecular weight excluding hydrogens is 392 g/mol. The number of fused-ring (bicyclic) bond motifs is 1. The summed E-state index contributed by atoms with van der Waals surface area (Å²) < 4.78 is 16.8. The highest BCUT2D eigenvalue weighted by molar-refractivity contribution is 5.74. The van der Waals surface area contributed by atoms with Crippen molar-refractivity contribution in [1.29, 1.82) is 0 Å². The van der Waals surface area contributed by atoms with Crippen molar-refractivity contribution < 1.29 is 24.1 Å². The smallest absolute Gasteiger partial charge is 0.307 e. The van der Waals surface area contributed by atoms with Crippen LogP contribution in [-0.2, 0) is 23.2 Å². The van der Waals surface area contributed by atoms with E-state index in [1.807, 2.05) is 36.4 Å². The third kappa shape index (κ3) is 4.82. The van der Waals surface area contributed by atoms with Crippen LogP contribution in [0.3, 0.4) is 0 Å². The van der Waals surface area contributed by atoms with E-state index in [9.17, 15) is 9.90 Å². The molecule has 3 aromatic rings. The van der Waals surface area contributed by atoms with Crippen LogP contribution in [0.25, 0.3) is 11.1 Å². The molecule has 0 saturated heterocycles. The van der Waals surface area contributed by atoms with E-state index in [4.69, 9.17) is 14.2 Å². The summed E-state index contributed by atoms with van der Waals surface area (Å²) in [6, 6.07) is 19.7. The minimum Gasteiger partial charge on any atom is -0.489 e. The lowest BCUT2D eigenvalue weighted by Gasteiger charge is -2.19. The van der Waals surface area contributed by atoms with Gasteiger partial charge in [0.05, 0.1) is 6.42 Å². The number of rotatable bonds is 6. The molecule has 1 aliphatic heterocycles. The van der Waals surface area contributed by atoms with E-state index in [1.165, 1.54) is 5.56 Å². The maximum atomic E-state index is 11.4. The number of carbonyl (C=O) groups is 1. The largest absolute Gasteiger partial charge is 0.489 e. The van der Waals surface area contributed by atoms with Gasteiger partial charge >= 0.3 is 5.97 Å². The molecular formula is C26H26O5. The van der Waals surface area contributed by atoms with Crippen molar-refractivity contribution in [3.63, 3.8) is 0 Å². The molecule has 0 fully saturated rings. The summed E-state index contributed by atoms with van der Waals surface area (Å²) in [5, 5.41) is 9.38. The molecule has 0 bridgehead atoms. The highest BCUT2D eigenvalue weighted by Crippen LogP contribution is 2.37. The van der Waals surface area contributed by atoms with E-state index in [2.05, 4.69) is 45.0 Å². The van der Waals surface area contributed by atoms with Gasteiger partial charge in [-0.05, 0) is 51.9 Å². The predicted molar refractivity (Wildman–Crippen MR) is 119 cm³/mol. The SMILES string of the molecule is CC(C)(C)c1ccc(COc2ccc(-c3ccc4c(c3)OCO4)cc2CC(=O)O)cc1. The summed E-state index contributed by atoms with van der Waals surface area (Å²) in [6.07, 6.45) is -0.114. The maximum Gasteiger partial charge on any atom is 0.307 e. The standard InChI is InChI=1S/C26H26O5/c1-26(2,3)21-8-4-17(5-9-21)15-29-22-10-6-18(12-20(22)14-25(27)28)19-7-11-23-24(13-19)31-16-30-23/h4-13H,14-16H2,1-3H3,(H,27,28). The average Bonchev–Trinajstić information content (AvgIpc) is 3.20. The van der Waals surface area contributed by atoms with Gasteiger partial charge in [0, 0.05) is 5.56 Å². The summed E-state index contributed by atoms with van der Waals surface area (Å²) in [7, 11) is 0. The molecule has 3 aromatic carbocycles. The van der Waals surface area contributed by atoms with Gasteiger partial charge in [-0.15, -0.1) is 0 Å². The second-order valence-corrected chi connectivity index (χ2v) is 8.70. The number of benzene rings is 3. The minimum atomic E-state index is -0.901. The van der Waals surface area contributed by atoms with Gasteiger partial charge in [-0.2, -0.15) is 0 Å². The minimum absolute atomic E-state index is 0.0958. The normalized spacial score (nSPS) is 12.6. The molecule has 5 heteroatoms. The second-order valence-electron chi connectivity index (χ2n) is 8.70. The summed E-state index contributed by atoms with van der Waals surface area (Å²) >= 11 is 0. The molecule has 1 N–H and O–H groups in total. The Kier molecular flexibility index (Phi) is 5.59. The van der Waals surface area contributed by atoms with E-state index < -0.39 is 5.97 Å². The number of hydrogen-bond acceptors (Lipinski definition) is 4. The molecule has 0 radical (unpaired) electrons. The first-order valence-corrected chi connectivity index (χ1v) is 10.3. The first-order chi connectivity index (χ1) is 14.8. The van der Waals surface area contributed by atoms with Crippen molar-refractivity contribution in [1.82, 2.24) is 0 Å². The number of hydrogen-bond donors (Lipinski definition) is 1. The molecule has 0 unspecified atom stereocenters. The van der Waals surface area contributed by atoms with Gasteiger partial charge in [0.25, 0.3) is 0 Å². The van der Waals surface area contributed by atoms with E-state index in [1.54, 1.807) is 0 Å². The lowest BCUT2D eigenvalue weighted by molar-refractivity contribution is -0.136. The number of ether oxygens (including phenoxy) is 3. The average molecular weight is 418 g/mol. The Labute approximate surface area is 182 Å². The van der Waals surface area contributed by atoms with Crippen molar-refractivity contribution in [2.75, 3.05) is 6.79 Å². The summed E-state index contributed by atoms with van der Waals surface area (Å²) in [4.78, 5) is 11.4. The van der Waals surface area contributed by atoms with Gasteiger partial charge in [-0.25, -0.2) is 0 Å². The zero-order valence-electron chi connectivity index (χ0n) is 18.0. The number of carboxylic acids is 1. The van der Waals surface area contributed by atoms with Crippen LogP contribution in [0.2, 0.25) is 0 Å². The molecule has 0 aromatic heterocycles. The van der Waals surface area contributed by atoms with Crippen LogP contribution in [0, 0.1) is 0 Å². The molecule has 160 valence electrons. The lowest BCUT2D eigenvalue weighted by atomic mass is 9.87. The Balaban J connectivity index is 1.55. The molecule has 5 nitrogen and oxygen atoms in total. The van der Waals surface area contributed by atoms with Gasteiger partial charge in [-0.3, -0.25) is 4.79 Å². The topological polar surface area (TPSA) is 65.0 Å². The maximum absolute atomic E-state index is 11.4. The van der Waals surface area contributed by atoms with Crippen molar-refractivity contribution >= 4 is 5.97 Å². The summed E-state index contributed by atoms with van der Waals surface area (Å²) in [5.74, 6) is 1.08. The van der Waals surface area contributed by atoms with Gasteiger partial charge in [0.1, 0.15) is 12.4 Å². The van der Waals surface area contributed by atoms with Crippen molar-refractivity contribution in [3.8, 4) is 28.4 Å². The fraction of sp³-hybridized carbons (Fsp3) is 0.269.